The summed E-state index contributed by atoms with van der Waals surface area (Å²) in [5.41, 5.74) is 1.79. The number of urea groups is 1. The molecule has 5 nitrogen and oxygen atoms in total. The standard InChI is InChI=1S/C18H17N3O2/c1-12(13-6-3-2-4-7-13)20-18(23)21-15-10-9-14-8-5-11-19-16(14)17(15)22/h2-12,22H,1H3,(H2,20,21,23). The molecule has 1 unspecified atom stereocenters. The number of hydrogen-bond donors (Lipinski definition) is 3. The van der Waals surface area contributed by atoms with E-state index in [2.05, 4.69) is 15.6 Å². The largest absolute Gasteiger partial charge is 0.504 e. The Morgan fingerprint density at radius 1 is 1.09 bits per heavy atom. The van der Waals surface area contributed by atoms with Crippen LogP contribution in [-0.4, -0.2) is 16.1 Å². The van der Waals surface area contributed by atoms with Gasteiger partial charge in [0.15, 0.2) is 5.75 Å². The fourth-order valence-corrected chi connectivity index (χ4v) is 2.41. The van der Waals surface area contributed by atoms with Gasteiger partial charge in [0.1, 0.15) is 5.52 Å². The number of aromatic nitrogens is 1. The molecule has 1 atom stereocenters. The number of anilines is 1. The normalized spacial score (nSPS) is 11.9. The third kappa shape index (κ3) is 3.23. The van der Waals surface area contributed by atoms with Crippen molar-refractivity contribution in [1.29, 1.82) is 0 Å². The van der Waals surface area contributed by atoms with Crippen LogP contribution in [0.4, 0.5) is 10.5 Å². The topological polar surface area (TPSA) is 74.2 Å². The number of benzene rings is 2. The molecule has 2 aromatic carbocycles. The highest BCUT2D eigenvalue weighted by Gasteiger charge is 2.12. The Bertz CT molecular complexity index is 834. The molecule has 1 aromatic heterocycles. The van der Waals surface area contributed by atoms with Crippen molar-refractivity contribution in [1.82, 2.24) is 10.3 Å². The van der Waals surface area contributed by atoms with E-state index in [1.165, 1.54) is 0 Å². The van der Waals surface area contributed by atoms with E-state index in [0.717, 1.165) is 10.9 Å². The van der Waals surface area contributed by atoms with Gasteiger partial charge >= 0.3 is 6.03 Å². The van der Waals surface area contributed by atoms with Crippen LogP contribution in [0, 0.1) is 0 Å². The maximum Gasteiger partial charge on any atom is 0.319 e. The van der Waals surface area contributed by atoms with E-state index in [0.29, 0.717) is 11.2 Å². The zero-order valence-corrected chi connectivity index (χ0v) is 12.7. The van der Waals surface area contributed by atoms with Gasteiger partial charge in [-0.15, -0.1) is 0 Å². The Morgan fingerprint density at radius 3 is 2.65 bits per heavy atom. The van der Waals surface area contributed by atoms with Gasteiger partial charge in [0, 0.05) is 11.6 Å². The predicted molar refractivity (Wildman–Crippen MR) is 90.4 cm³/mol. The van der Waals surface area contributed by atoms with Crippen LogP contribution in [0.1, 0.15) is 18.5 Å². The summed E-state index contributed by atoms with van der Waals surface area (Å²) in [5, 5.41) is 16.6. The Balaban J connectivity index is 1.74. The molecule has 0 radical (unpaired) electrons. The van der Waals surface area contributed by atoms with E-state index >= 15 is 0 Å². The van der Waals surface area contributed by atoms with E-state index in [1.807, 2.05) is 43.3 Å². The summed E-state index contributed by atoms with van der Waals surface area (Å²) in [7, 11) is 0. The first-order valence-electron chi connectivity index (χ1n) is 7.34. The highest BCUT2D eigenvalue weighted by molar-refractivity contribution is 5.97. The smallest absolute Gasteiger partial charge is 0.319 e. The predicted octanol–water partition coefficient (Wildman–Crippen LogP) is 3.82. The number of phenolic OH excluding ortho intramolecular Hbond substituents is 1. The maximum atomic E-state index is 12.1. The van der Waals surface area contributed by atoms with Crippen LogP contribution in [0.15, 0.2) is 60.8 Å². The summed E-state index contributed by atoms with van der Waals surface area (Å²) in [6.07, 6.45) is 1.60. The lowest BCUT2D eigenvalue weighted by molar-refractivity contribution is 0.249. The molecule has 1 heterocycles. The first kappa shape index (κ1) is 14.8. The summed E-state index contributed by atoms with van der Waals surface area (Å²) in [6, 6.07) is 16.3. The highest BCUT2D eigenvalue weighted by atomic mass is 16.3. The molecule has 0 spiro atoms. The molecule has 0 bridgehead atoms. The zero-order valence-electron chi connectivity index (χ0n) is 12.7. The van der Waals surface area contributed by atoms with Crippen LogP contribution in [0.3, 0.4) is 0 Å². The monoisotopic (exact) mass is 307 g/mol. The molecule has 3 N–H and O–H groups in total. The molecule has 116 valence electrons. The van der Waals surface area contributed by atoms with Crippen molar-refractivity contribution in [2.45, 2.75) is 13.0 Å². The number of aromatic hydroxyl groups is 1. The van der Waals surface area contributed by atoms with Crippen molar-refractivity contribution >= 4 is 22.6 Å². The van der Waals surface area contributed by atoms with Gasteiger partial charge in [0.2, 0.25) is 0 Å². The lowest BCUT2D eigenvalue weighted by Gasteiger charge is -2.15. The molecule has 0 aliphatic rings. The number of carbonyl (C=O) groups excluding carboxylic acids is 1. The van der Waals surface area contributed by atoms with Crippen molar-refractivity contribution in [3.63, 3.8) is 0 Å². The third-order valence-electron chi connectivity index (χ3n) is 3.64. The summed E-state index contributed by atoms with van der Waals surface area (Å²) < 4.78 is 0. The van der Waals surface area contributed by atoms with Crippen molar-refractivity contribution in [2.24, 2.45) is 0 Å². The molecule has 3 aromatic rings. The van der Waals surface area contributed by atoms with Gasteiger partial charge in [-0.05, 0) is 24.6 Å². The van der Waals surface area contributed by atoms with Crippen molar-refractivity contribution in [3.05, 3.63) is 66.4 Å². The fraction of sp³-hybridized carbons (Fsp3) is 0.111. The Kier molecular flexibility index (Phi) is 4.10. The number of amides is 2. The van der Waals surface area contributed by atoms with Gasteiger partial charge < -0.3 is 15.7 Å². The zero-order chi connectivity index (χ0) is 16.2. The van der Waals surface area contributed by atoms with Crippen LogP contribution in [0.5, 0.6) is 5.75 Å². The minimum absolute atomic E-state index is 0.0365. The van der Waals surface area contributed by atoms with Crippen LogP contribution >= 0.6 is 0 Å². The second kappa shape index (κ2) is 6.36. The average Bonchev–Trinajstić information content (AvgIpc) is 2.58. The SMILES string of the molecule is CC(NC(=O)Nc1ccc2cccnc2c1O)c1ccccc1. The number of phenols is 1. The Labute approximate surface area is 134 Å². The molecule has 3 rings (SSSR count). The molecule has 2 amide bonds. The minimum Gasteiger partial charge on any atom is -0.504 e. The second-order valence-corrected chi connectivity index (χ2v) is 5.27. The maximum absolute atomic E-state index is 12.1. The van der Waals surface area contributed by atoms with Gasteiger partial charge in [-0.1, -0.05) is 42.5 Å². The van der Waals surface area contributed by atoms with Gasteiger partial charge in [-0.2, -0.15) is 0 Å². The summed E-state index contributed by atoms with van der Waals surface area (Å²) in [4.78, 5) is 16.3. The first-order valence-corrected chi connectivity index (χ1v) is 7.34. The molecular formula is C18H17N3O2. The number of fused-ring (bicyclic) bond motifs is 1. The van der Waals surface area contributed by atoms with E-state index in [9.17, 15) is 9.90 Å². The number of rotatable bonds is 3. The molecule has 23 heavy (non-hydrogen) atoms. The van der Waals surface area contributed by atoms with E-state index in [1.54, 1.807) is 24.4 Å². The quantitative estimate of drug-likeness (QED) is 0.644. The summed E-state index contributed by atoms with van der Waals surface area (Å²) in [6.45, 7) is 1.90. The van der Waals surface area contributed by atoms with Crippen LogP contribution < -0.4 is 10.6 Å². The average molecular weight is 307 g/mol. The van der Waals surface area contributed by atoms with Crippen molar-refractivity contribution < 1.29 is 9.90 Å². The van der Waals surface area contributed by atoms with Crippen LogP contribution in [0.25, 0.3) is 10.9 Å². The number of pyridine rings is 1. The number of hydrogen-bond acceptors (Lipinski definition) is 3. The lowest BCUT2D eigenvalue weighted by atomic mass is 10.1. The third-order valence-corrected chi connectivity index (χ3v) is 3.64. The number of nitrogens with zero attached hydrogens (tertiary/aromatic N) is 1. The molecule has 0 saturated heterocycles. The molecule has 5 heteroatoms. The highest BCUT2D eigenvalue weighted by Crippen LogP contribution is 2.30. The van der Waals surface area contributed by atoms with Crippen LogP contribution in [-0.2, 0) is 0 Å². The van der Waals surface area contributed by atoms with E-state index in [4.69, 9.17) is 0 Å². The Morgan fingerprint density at radius 2 is 1.87 bits per heavy atom. The van der Waals surface area contributed by atoms with E-state index in [-0.39, 0.29) is 17.8 Å². The molecule has 0 fully saturated rings. The molecule has 0 saturated carbocycles. The van der Waals surface area contributed by atoms with Gasteiger partial charge in [0.05, 0.1) is 11.7 Å². The van der Waals surface area contributed by atoms with Crippen LogP contribution in [0.2, 0.25) is 0 Å². The minimum atomic E-state index is -0.382. The van der Waals surface area contributed by atoms with Gasteiger partial charge in [0.25, 0.3) is 0 Å². The molecule has 0 aliphatic heterocycles. The number of nitrogens with one attached hydrogen (secondary N) is 2. The molecular weight excluding hydrogens is 290 g/mol. The van der Waals surface area contributed by atoms with Crippen molar-refractivity contribution in [3.8, 4) is 5.75 Å². The van der Waals surface area contributed by atoms with E-state index < -0.39 is 0 Å². The molecule has 0 aliphatic carbocycles. The first-order chi connectivity index (χ1) is 11.1. The van der Waals surface area contributed by atoms with Gasteiger partial charge in [-0.25, -0.2) is 4.79 Å². The van der Waals surface area contributed by atoms with Crippen molar-refractivity contribution in [2.75, 3.05) is 5.32 Å². The summed E-state index contributed by atoms with van der Waals surface area (Å²) in [5.74, 6) is -0.0365. The Hall–Kier alpha value is -3.08. The second-order valence-electron chi connectivity index (χ2n) is 5.27. The lowest BCUT2D eigenvalue weighted by Crippen LogP contribution is -2.31. The fourth-order valence-electron chi connectivity index (χ4n) is 2.41. The van der Waals surface area contributed by atoms with Gasteiger partial charge in [-0.3, -0.25) is 4.98 Å². The summed E-state index contributed by atoms with van der Waals surface area (Å²) >= 11 is 0. The number of carbonyl (C=O) groups is 1.